The fraction of sp³-hybridized carbons (Fsp3) is 0.353. The van der Waals surface area contributed by atoms with Gasteiger partial charge in [-0.2, -0.15) is 5.10 Å². The maximum absolute atomic E-state index is 12.1. The molecule has 6 nitrogen and oxygen atoms in total. The van der Waals surface area contributed by atoms with Crippen LogP contribution < -0.4 is 10.4 Å². The van der Waals surface area contributed by atoms with Gasteiger partial charge in [-0.1, -0.05) is 19.3 Å². The molecule has 0 atom stereocenters. The van der Waals surface area contributed by atoms with E-state index in [4.69, 9.17) is 0 Å². The molecule has 1 aromatic carbocycles. The zero-order valence-corrected chi connectivity index (χ0v) is 12.9. The number of benzene rings is 1. The van der Waals surface area contributed by atoms with E-state index >= 15 is 0 Å². The highest BCUT2D eigenvalue weighted by molar-refractivity contribution is 6.03. The number of anilines is 2. The molecule has 0 radical (unpaired) electrons. The number of nitrogens with one attached hydrogen (secondary N) is 1. The van der Waals surface area contributed by atoms with Gasteiger partial charge < -0.3 is 5.32 Å². The molecule has 0 spiro atoms. The van der Waals surface area contributed by atoms with Crippen molar-refractivity contribution in [2.45, 2.75) is 38.1 Å². The molecular formula is C17H20N4O2. The summed E-state index contributed by atoms with van der Waals surface area (Å²) in [6, 6.07) is 10.5. The van der Waals surface area contributed by atoms with E-state index in [1.807, 2.05) is 0 Å². The first-order valence-electron chi connectivity index (χ1n) is 7.91. The number of hydrogen-bond acceptors (Lipinski definition) is 5. The SMILES string of the molecule is O=C(Nc1cccnn1)c1ccc(N(O)C2CCCCC2)cc1. The summed E-state index contributed by atoms with van der Waals surface area (Å²) in [4.78, 5) is 12.1. The van der Waals surface area contributed by atoms with Crippen LogP contribution in [0, 0.1) is 0 Å². The van der Waals surface area contributed by atoms with Crippen LogP contribution in [0.5, 0.6) is 0 Å². The minimum Gasteiger partial charge on any atom is -0.305 e. The van der Waals surface area contributed by atoms with E-state index in [0.717, 1.165) is 25.7 Å². The first kappa shape index (κ1) is 15.4. The van der Waals surface area contributed by atoms with E-state index in [2.05, 4.69) is 15.5 Å². The predicted molar refractivity (Wildman–Crippen MR) is 87.6 cm³/mol. The molecular weight excluding hydrogens is 292 g/mol. The summed E-state index contributed by atoms with van der Waals surface area (Å²) < 4.78 is 0. The number of rotatable bonds is 4. The molecule has 2 aromatic rings. The molecule has 1 aliphatic rings. The van der Waals surface area contributed by atoms with Gasteiger partial charge in [0.2, 0.25) is 0 Å². The van der Waals surface area contributed by atoms with Crippen molar-refractivity contribution in [2.75, 3.05) is 10.4 Å². The Hall–Kier alpha value is -2.47. The Balaban J connectivity index is 1.65. The van der Waals surface area contributed by atoms with Gasteiger partial charge in [-0.3, -0.25) is 15.1 Å². The smallest absolute Gasteiger partial charge is 0.256 e. The fourth-order valence-corrected chi connectivity index (χ4v) is 2.86. The third-order valence-electron chi connectivity index (χ3n) is 4.13. The second-order valence-corrected chi connectivity index (χ2v) is 5.75. The van der Waals surface area contributed by atoms with Gasteiger partial charge in [-0.05, 0) is 49.2 Å². The van der Waals surface area contributed by atoms with E-state index in [0.29, 0.717) is 17.1 Å². The summed E-state index contributed by atoms with van der Waals surface area (Å²) in [5.74, 6) is 0.159. The molecule has 0 unspecified atom stereocenters. The third-order valence-corrected chi connectivity index (χ3v) is 4.13. The van der Waals surface area contributed by atoms with Crippen LogP contribution in [-0.4, -0.2) is 27.4 Å². The van der Waals surface area contributed by atoms with Gasteiger partial charge in [-0.25, -0.2) is 0 Å². The molecule has 6 heteroatoms. The number of carbonyl (C=O) groups is 1. The van der Waals surface area contributed by atoms with E-state index < -0.39 is 0 Å². The number of nitrogens with zero attached hydrogens (tertiary/aromatic N) is 3. The average Bonchev–Trinajstić information content (AvgIpc) is 2.63. The number of amides is 1. The molecule has 0 bridgehead atoms. The average molecular weight is 312 g/mol. The van der Waals surface area contributed by atoms with Crippen molar-refractivity contribution >= 4 is 17.4 Å². The summed E-state index contributed by atoms with van der Waals surface area (Å²) in [5, 5.41) is 21.9. The molecule has 1 fully saturated rings. The zero-order chi connectivity index (χ0) is 16.1. The largest absolute Gasteiger partial charge is 0.305 e. The van der Waals surface area contributed by atoms with Crippen LogP contribution >= 0.6 is 0 Å². The van der Waals surface area contributed by atoms with Crippen LogP contribution in [0.3, 0.4) is 0 Å². The van der Waals surface area contributed by atoms with Crippen molar-refractivity contribution in [1.29, 1.82) is 0 Å². The van der Waals surface area contributed by atoms with Gasteiger partial charge in [0.05, 0.1) is 11.7 Å². The summed E-state index contributed by atoms with van der Waals surface area (Å²) in [6.07, 6.45) is 7.11. The molecule has 23 heavy (non-hydrogen) atoms. The molecule has 2 N–H and O–H groups in total. The number of carbonyl (C=O) groups excluding carboxylic acids is 1. The minimum absolute atomic E-state index is 0.169. The second kappa shape index (κ2) is 7.19. The fourth-order valence-electron chi connectivity index (χ4n) is 2.86. The number of hydrogen-bond donors (Lipinski definition) is 2. The normalized spacial score (nSPS) is 15.2. The number of aromatic nitrogens is 2. The van der Waals surface area contributed by atoms with Gasteiger partial charge in [-0.15, -0.1) is 5.10 Å². The van der Waals surface area contributed by atoms with Gasteiger partial charge in [0, 0.05) is 11.8 Å². The minimum atomic E-state index is -0.251. The molecule has 1 aromatic heterocycles. The quantitative estimate of drug-likeness (QED) is 0.847. The third kappa shape index (κ3) is 3.84. The monoisotopic (exact) mass is 312 g/mol. The topological polar surface area (TPSA) is 78.4 Å². The Labute approximate surface area is 135 Å². The lowest BCUT2D eigenvalue weighted by Gasteiger charge is -2.30. The van der Waals surface area contributed by atoms with Crippen molar-refractivity contribution in [3.05, 3.63) is 48.2 Å². The molecule has 1 saturated carbocycles. The van der Waals surface area contributed by atoms with Gasteiger partial charge in [0.15, 0.2) is 5.82 Å². The lowest BCUT2D eigenvalue weighted by Crippen LogP contribution is -2.33. The van der Waals surface area contributed by atoms with Crippen LogP contribution in [-0.2, 0) is 0 Å². The van der Waals surface area contributed by atoms with Crippen LogP contribution in [0.4, 0.5) is 11.5 Å². The highest BCUT2D eigenvalue weighted by Crippen LogP contribution is 2.26. The van der Waals surface area contributed by atoms with E-state index in [1.54, 1.807) is 42.6 Å². The standard InChI is InChI=1S/C17H20N4O2/c22-17(19-16-7-4-12-18-20-16)13-8-10-15(11-9-13)21(23)14-5-2-1-3-6-14/h4,7-12,14,23H,1-3,5-6H2,(H,19,20,22). The van der Waals surface area contributed by atoms with E-state index in [1.165, 1.54) is 11.5 Å². The van der Waals surface area contributed by atoms with Crippen molar-refractivity contribution in [3.63, 3.8) is 0 Å². The highest BCUT2D eigenvalue weighted by atomic mass is 16.5. The Kier molecular flexibility index (Phi) is 4.83. The lowest BCUT2D eigenvalue weighted by atomic mass is 9.95. The molecule has 0 aliphatic heterocycles. The highest BCUT2D eigenvalue weighted by Gasteiger charge is 2.20. The molecule has 1 amide bonds. The maximum atomic E-state index is 12.1. The van der Waals surface area contributed by atoms with Crippen molar-refractivity contribution < 1.29 is 10.0 Å². The van der Waals surface area contributed by atoms with Crippen molar-refractivity contribution in [3.8, 4) is 0 Å². The van der Waals surface area contributed by atoms with Crippen LogP contribution in [0.1, 0.15) is 42.5 Å². The first-order chi connectivity index (χ1) is 11.2. The Bertz CT molecular complexity index is 639. The van der Waals surface area contributed by atoms with Crippen LogP contribution in [0.25, 0.3) is 0 Å². The molecule has 0 saturated heterocycles. The Morgan fingerprint density at radius 1 is 1.13 bits per heavy atom. The summed E-state index contributed by atoms with van der Waals surface area (Å²) in [6.45, 7) is 0. The first-order valence-corrected chi connectivity index (χ1v) is 7.91. The summed E-state index contributed by atoms with van der Waals surface area (Å²) in [7, 11) is 0. The molecule has 1 heterocycles. The summed E-state index contributed by atoms with van der Waals surface area (Å²) in [5.41, 5.74) is 1.23. The van der Waals surface area contributed by atoms with E-state index in [9.17, 15) is 10.0 Å². The lowest BCUT2D eigenvalue weighted by molar-refractivity contribution is 0.102. The molecule has 1 aliphatic carbocycles. The second-order valence-electron chi connectivity index (χ2n) is 5.75. The predicted octanol–water partition coefficient (Wildman–Crippen LogP) is 3.26. The van der Waals surface area contributed by atoms with Gasteiger partial charge in [0.25, 0.3) is 5.91 Å². The van der Waals surface area contributed by atoms with Crippen LogP contribution in [0.15, 0.2) is 42.6 Å². The van der Waals surface area contributed by atoms with Crippen molar-refractivity contribution in [2.24, 2.45) is 0 Å². The molecule has 120 valence electrons. The summed E-state index contributed by atoms with van der Waals surface area (Å²) >= 11 is 0. The Morgan fingerprint density at radius 2 is 1.87 bits per heavy atom. The van der Waals surface area contributed by atoms with Gasteiger partial charge >= 0.3 is 0 Å². The van der Waals surface area contributed by atoms with E-state index in [-0.39, 0.29) is 11.9 Å². The maximum Gasteiger partial charge on any atom is 0.256 e. The Morgan fingerprint density at radius 3 is 2.52 bits per heavy atom. The van der Waals surface area contributed by atoms with Crippen LogP contribution in [0.2, 0.25) is 0 Å². The zero-order valence-electron chi connectivity index (χ0n) is 12.9. The van der Waals surface area contributed by atoms with Gasteiger partial charge in [0.1, 0.15) is 0 Å². The van der Waals surface area contributed by atoms with Crippen molar-refractivity contribution in [1.82, 2.24) is 10.2 Å². The molecule has 3 rings (SSSR count). The number of hydroxylamine groups is 1.